The minimum Gasteiger partial charge on any atom is -0.339 e. The maximum atomic E-state index is 4.97. The van der Waals surface area contributed by atoms with Gasteiger partial charge in [-0.15, -0.1) is 0 Å². The first-order valence-corrected chi connectivity index (χ1v) is 9.22. The van der Waals surface area contributed by atoms with Crippen LogP contribution >= 0.6 is 0 Å². The van der Waals surface area contributed by atoms with Crippen LogP contribution in [0, 0.1) is 6.92 Å². The molecule has 0 unspecified atom stereocenters. The SMILES string of the molecule is Cc1ccc(-c2nc(N3CC[C@@H](N(C)C)C3)ncc2-c2cncnc2)cc1. The van der Waals surface area contributed by atoms with Crippen molar-refractivity contribution in [1.82, 2.24) is 24.8 Å². The van der Waals surface area contributed by atoms with Gasteiger partial charge in [0.25, 0.3) is 0 Å². The molecule has 0 bridgehead atoms. The molecule has 2 aromatic heterocycles. The van der Waals surface area contributed by atoms with E-state index in [2.05, 4.69) is 70.0 Å². The molecule has 1 aliphatic rings. The van der Waals surface area contributed by atoms with Gasteiger partial charge < -0.3 is 9.80 Å². The van der Waals surface area contributed by atoms with Gasteiger partial charge in [0.2, 0.25) is 5.95 Å². The molecule has 1 atom stereocenters. The van der Waals surface area contributed by atoms with Gasteiger partial charge in [0.1, 0.15) is 6.33 Å². The minimum atomic E-state index is 0.540. The molecule has 6 heteroatoms. The molecule has 0 amide bonds. The van der Waals surface area contributed by atoms with Crippen molar-refractivity contribution in [2.24, 2.45) is 0 Å². The third-order valence-electron chi connectivity index (χ3n) is 5.15. The van der Waals surface area contributed by atoms with Crippen molar-refractivity contribution < 1.29 is 0 Å². The Morgan fingerprint density at radius 1 is 1.00 bits per heavy atom. The lowest BCUT2D eigenvalue weighted by atomic mass is 10.0. The predicted molar refractivity (Wildman–Crippen MR) is 108 cm³/mol. The molecule has 1 aliphatic heterocycles. The standard InChI is InChI=1S/C21H24N6/c1-15-4-6-16(7-5-15)20-19(17-10-22-14-23-11-17)12-24-21(25-20)27-9-8-18(13-27)26(2)3/h4-7,10-12,14,18H,8-9,13H2,1-3H3/t18-/m1/s1. The van der Waals surface area contributed by atoms with Gasteiger partial charge in [0.15, 0.2) is 0 Å². The molecule has 3 aromatic rings. The second-order valence-corrected chi connectivity index (χ2v) is 7.28. The van der Waals surface area contributed by atoms with Crippen molar-refractivity contribution in [1.29, 1.82) is 0 Å². The van der Waals surface area contributed by atoms with E-state index in [0.29, 0.717) is 6.04 Å². The van der Waals surface area contributed by atoms with E-state index in [1.165, 1.54) is 11.9 Å². The second kappa shape index (κ2) is 7.40. The fraction of sp³-hybridized carbons (Fsp3) is 0.333. The lowest BCUT2D eigenvalue weighted by Gasteiger charge is -2.21. The van der Waals surface area contributed by atoms with E-state index in [4.69, 9.17) is 4.98 Å². The Balaban J connectivity index is 1.76. The summed E-state index contributed by atoms with van der Waals surface area (Å²) in [5.41, 5.74) is 5.10. The van der Waals surface area contributed by atoms with Crippen molar-refractivity contribution in [2.75, 3.05) is 32.1 Å². The molecule has 3 heterocycles. The number of hydrogen-bond donors (Lipinski definition) is 0. The van der Waals surface area contributed by atoms with Crippen molar-refractivity contribution in [3.8, 4) is 22.4 Å². The molecule has 1 saturated heterocycles. The Morgan fingerprint density at radius 2 is 1.74 bits per heavy atom. The van der Waals surface area contributed by atoms with Gasteiger partial charge in [-0.05, 0) is 27.4 Å². The van der Waals surface area contributed by atoms with Crippen molar-refractivity contribution in [2.45, 2.75) is 19.4 Å². The lowest BCUT2D eigenvalue weighted by Crippen LogP contribution is -2.32. The Hall–Kier alpha value is -2.86. The quantitative estimate of drug-likeness (QED) is 0.713. The molecular formula is C21H24N6. The molecule has 1 aromatic carbocycles. The minimum absolute atomic E-state index is 0.540. The average Bonchev–Trinajstić information content (AvgIpc) is 3.19. The highest BCUT2D eigenvalue weighted by atomic mass is 15.3. The molecule has 138 valence electrons. The van der Waals surface area contributed by atoms with Crippen LogP contribution in [0.25, 0.3) is 22.4 Å². The summed E-state index contributed by atoms with van der Waals surface area (Å²) in [6, 6.07) is 8.99. The van der Waals surface area contributed by atoms with Crippen LogP contribution in [-0.4, -0.2) is 58.1 Å². The molecule has 0 N–H and O–H groups in total. The fourth-order valence-corrected chi connectivity index (χ4v) is 3.45. The summed E-state index contributed by atoms with van der Waals surface area (Å²) in [6.07, 6.45) is 8.18. The molecular weight excluding hydrogens is 336 g/mol. The monoisotopic (exact) mass is 360 g/mol. The van der Waals surface area contributed by atoms with Gasteiger partial charge in [0, 0.05) is 54.4 Å². The molecule has 0 aliphatic carbocycles. The van der Waals surface area contributed by atoms with Crippen LogP contribution in [0.3, 0.4) is 0 Å². The van der Waals surface area contributed by atoms with Gasteiger partial charge in [-0.3, -0.25) is 0 Å². The van der Waals surface area contributed by atoms with Gasteiger partial charge in [-0.1, -0.05) is 29.8 Å². The number of anilines is 1. The van der Waals surface area contributed by atoms with E-state index < -0.39 is 0 Å². The van der Waals surface area contributed by atoms with Crippen molar-refractivity contribution >= 4 is 5.95 Å². The Labute approximate surface area is 159 Å². The first-order chi connectivity index (χ1) is 13.1. The zero-order valence-corrected chi connectivity index (χ0v) is 16.0. The van der Waals surface area contributed by atoms with E-state index in [9.17, 15) is 0 Å². The maximum Gasteiger partial charge on any atom is 0.225 e. The number of benzene rings is 1. The Bertz CT molecular complexity index is 908. The van der Waals surface area contributed by atoms with Crippen LogP contribution in [0.2, 0.25) is 0 Å². The van der Waals surface area contributed by atoms with E-state index in [-0.39, 0.29) is 0 Å². The fourth-order valence-electron chi connectivity index (χ4n) is 3.45. The number of aromatic nitrogens is 4. The zero-order chi connectivity index (χ0) is 18.8. The second-order valence-electron chi connectivity index (χ2n) is 7.28. The van der Waals surface area contributed by atoms with E-state index in [1.807, 2.05) is 6.20 Å². The zero-order valence-electron chi connectivity index (χ0n) is 16.0. The molecule has 4 rings (SSSR count). The summed E-state index contributed by atoms with van der Waals surface area (Å²) in [4.78, 5) is 22.5. The largest absolute Gasteiger partial charge is 0.339 e. The van der Waals surface area contributed by atoms with Crippen LogP contribution in [0.1, 0.15) is 12.0 Å². The van der Waals surface area contributed by atoms with Gasteiger partial charge in [-0.2, -0.15) is 0 Å². The van der Waals surface area contributed by atoms with E-state index in [0.717, 1.165) is 47.8 Å². The first kappa shape index (κ1) is 17.5. The van der Waals surface area contributed by atoms with Crippen LogP contribution in [0.15, 0.2) is 49.2 Å². The predicted octanol–water partition coefficient (Wildman–Crippen LogP) is 3.05. The first-order valence-electron chi connectivity index (χ1n) is 9.22. The van der Waals surface area contributed by atoms with Gasteiger partial charge in [-0.25, -0.2) is 19.9 Å². The van der Waals surface area contributed by atoms with Crippen LogP contribution in [-0.2, 0) is 0 Å². The summed E-state index contributed by atoms with van der Waals surface area (Å²) in [5, 5.41) is 0. The van der Waals surface area contributed by atoms with Gasteiger partial charge >= 0.3 is 0 Å². The summed E-state index contributed by atoms with van der Waals surface area (Å²) in [5.74, 6) is 0.788. The molecule has 1 fully saturated rings. The molecule has 0 spiro atoms. The summed E-state index contributed by atoms with van der Waals surface area (Å²) in [6.45, 7) is 4.02. The highest BCUT2D eigenvalue weighted by Gasteiger charge is 2.26. The maximum absolute atomic E-state index is 4.97. The number of aryl methyl sites for hydroxylation is 1. The van der Waals surface area contributed by atoms with E-state index >= 15 is 0 Å². The third kappa shape index (κ3) is 3.66. The van der Waals surface area contributed by atoms with Gasteiger partial charge in [0.05, 0.1) is 5.69 Å². The van der Waals surface area contributed by atoms with Crippen LogP contribution in [0.5, 0.6) is 0 Å². The number of likely N-dealkylation sites (N-methyl/N-ethyl adjacent to an activating group) is 1. The number of nitrogens with zero attached hydrogens (tertiary/aromatic N) is 6. The van der Waals surface area contributed by atoms with Crippen LogP contribution in [0.4, 0.5) is 5.95 Å². The molecule has 0 radical (unpaired) electrons. The Kier molecular flexibility index (Phi) is 4.81. The Morgan fingerprint density at radius 3 is 2.41 bits per heavy atom. The normalized spacial score (nSPS) is 16.9. The summed E-state index contributed by atoms with van der Waals surface area (Å²) < 4.78 is 0. The van der Waals surface area contributed by atoms with Crippen molar-refractivity contribution in [3.63, 3.8) is 0 Å². The number of hydrogen-bond acceptors (Lipinski definition) is 6. The molecule has 0 saturated carbocycles. The third-order valence-corrected chi connectivity index (χ3v) is 5.15. The summed E-state index contributed by atoms with van der Waals surface area (Å²) >= 11 is 0. The molecule has 27 heavy (non-hydrogen) atoms. The summed E-state index contributed by atoms with van der Waals surface area (Å²) in [7, 11) is 4.26. The average molecular weight is 360 g/mol. The van der Waals surface area contributed by atoms with Crippen molar-refractivity contribution in [3.05, 3.63) is 54.7 Å². The highest BCUT2D eigenvalue weighted by molar-refractivity contribution is 5.80. The van der Waals surface area contributed by atoms with E-state index in [1.54, 1.807) is 12.4 Å². The lowest BCUT2D eigenvalue weighted by molar-refractivity contribution is 0.315. The molecule has 6 nitrogen and oxygen atoms in total. The van der Waals surface area contributed by atoms with Crippen LogP contribution < -0.4 is 4.90 Å². The smallest absolute Gasteiger partial charge is 0.225 e. The topological polar surface area (TPSA) is 58.0 Å². The highest BCUT2D eigenvalue weighted by Crippen LogP contribution is 2.31. The number of rotatable bonds is 4.